The van der Waals surface area contributed by atoms with Crippen molar-refractivity contribution >= 4 is 22.6 Å². The van der Waals surface area contributed by atoms with Gasteiger partial charge in [0.1, 0.15) is 23.2 Å². The maximum atomic E-state index is 13.5. The Morgan fingerprint density at radius 3 is 2.20 bits per heavy atom. The summed E-state index contributed by atoms with van der Waals surface area (Å²) < 4.78 is 6.24. The van der Waals surface area contributed by atoms with Crippen LogP contribution in [0.2, 0.25) is 0 Å². The number of nitrogens with one attached hydrogen (secondary N) is 1. The number of pyridine rings is 1. The Balaban J connectivity index is 1.40. The first-order valence-corrected chi connectivity index (χ1v) is 15.8. The maximum absolute atomic E-state index is 13.5. The standard InChI is InChI=1S/C38H44N2O4/c1-24(2)27-12-10-26(11-13-27)21-35(37(42)43)40-36(41)34-22-28-14-17-31(44-30-18-15-29(16-19-30)38(3,4)5)23-32(28)33(39-34)20-25-8-6-7-9-25/h10-19,22-25,35H,6-9,20-21H2,1-5H3,(H,40,41)(H,42,43)/t35-/m0/s1. The molecular formula is C38H44N2O4. The number of carbonyl (C=O) groups is 2. The lowest BCUT2D eigenvalue weighted by Gasteiger charge is -2.19. The summed E-state index contributed by atoms with van der Waals surface area (Å²) in [5.41, 5.74) is 4.44. The quantitative estimate of drug-likeness (QED) is 0.192. The molecule has 6 heteroatoms. The summed E-state index contributed by atoms with van der Waals surface area (Å²) in [4.78, 5) is 30.5. The first-order valence-electron chi connectivity index (χ1n) is 15.8. The number of fused-ring (bicyclic) bond motifs is 1. The van der Waals surface area contributed by atoms with E-state index in [0.717, 1.165) is 47.0 Å². The molecule has 2 N–H and O–H groups in total. The first kappa shape index (κ1) is 31.2. The van der Waals surface area contributed by atoms with E-state index in [0.29, 0.717) is 17.6 Å². The number of ether oxygens (including phenoxy) is 1. The number of benzene rings is 3. The van der Waals surface area contributed by atoms with E-state index in [-0.39, 0.29) is 17.5 Å². The Labute approximate surface area is 260 Å². The lowest BCUT2D eigenvalue weighted by atomic mass is 9.87. The molecule has 0 spiro atoms. The molecule has 1 aromatic heterocycles. The Bertz CT molecular complexity index is 1610. The highest BCUT2D eigenvalue weighted by Gasteiger charge is 2.24. The number of aromatic nitrogens is 1. The van der Waals surface area contributed by atoms with Crippen molar-refractivity contribution in [2.75, 3.05) is 0 Å². The minimum absolute atomic E-state index is 0.0653. The van der Waals surface area contributed by atoms with Crippen LogP contribution in [0.1, 0.15) is 99.1 Å². The largest absolute Gasteiger partial charge is 0.480 e. The second-order valence-corrected chi connectivity index (χ2v) is 13.5. The average molecular weight is 593 g/mol. The molecule has 0 radical (unpaired) electrons. The molecule has 230 valence electrons. The van der Waals surface area contributed by atoms with Gasteiger partial charge in [0, 0.05) is 17.5 Å². The molecule has 1 saturated carbocycles. The second kappa shape index (κ2) is 13.2. The van der Waals surface area contributed by atoms with Crippen LogP contribution in [0.25, 0.3) is 10.8 Å². The predicted octanol–water partition coefficient (Wildman–Crippen LogP) is 8.61. The lowest BCUT2D eigenvalue weighted by molar-refractivity contribution is -0.139. The van der Waals surface area contributed by atoms with Gasteiger partial charge in [0.25, 0.3) is 5.91 Å². The van der Waals surface area contributed by atoms with E-state index in [4.69, 9.17) is 9.72 Å². The summed E-state index contributed by atoms with van der Waals surface area (Å²) in [6.45, 7) is 10.8. The number of carboxylic acids is 1. The van der Waals surface area contributed by atoms with Crippen molar-refractivity contribution in [1.29, 1.82) is 0 Å². The summed E-state index contributed by atoms with van der Waals surface area (Å²) in [6.07, 6.45) is 5.67. The van der Waals surface area contributed by atoms with Gasteiger partial charge in [0.15, 0.2) is 0 Å². The van der Waals surface area contributed by atoms with E-state index in [9.17, 15) is 14.7 Å². The van der Waals surface area contributed by atoms with Crippen molar-refractivity contribution in [1.82, 2.24) is 10.3 Å². The van der Waals surface area contributed by atoms with Gasteiger partial charge in [-0.15, -0.1) is 0 Å². The molecule has 0 aliphatic heterocycles. The predicted molar refractivity (Wildman–Crippen MR) is 176 cm³/mol. The van der Waals surface area contributed by atoms with Crippen LogP contribution < -0.4 is 10.1 Å². The summed E-state index contributed by atoms with van der Waals surface area (Å²) in [7, 11) is 0. The zero-order valence-corrected chi connectivity index (χ0v) is 26.5. The minimum Gasteiger partial charge on any atom is -0.480 e. The van der Waals surface area contributed by atoms with Crippen molar-refractivity contribution in [2.24, 2.45) is 5.92 Å². The molecule has 1 atom stereocenters. The number of nitrogens with zero attached hydrogens (tertiary/aromatic N) is 1. The first-order chi connectivity index (χ1) is 21.0. The Hall–Kier alpha value is -4.19. The molecule has 5 rings (SSSR count). The lowest BCUT2D eigenvalue weighted by Crippen LogP contribution is -2.42. The topological polar surface area (TPSA) is 88.5 Å². The van der Waals surface area contributed by atoms with E-state index >= 15 is 0 Å². The fraction of sp³-hybridized carbons (Fsp3) is 0.395. The highest BCUT2D eigenvalue weighted by Crippen LogP contribution is 2.33. The van der Waals surface area contributed by atoms with Gasteiger partial charge in [-0.05, 0) is 76.1 Å². The normalized spacial score (nSPS) is 14.6. The zero-order valence-electron chi connectivity index (χ0n) is 26.5. The molecule has 3 aromatic carbocycles. The Morgan fingerprint density at radius 2 is 1.59 bits per heavy atom. The number of aliphatic carboxylic acids is 1. The molecular weight excluding hydrogens is 548 g/mol. The highest BCUT2D eigenvalue weighted by molar-refractivity contribution is 5.99. The SMILES string of the molecule is CC(C)c1ccc(C[C@H](NC(=O)c2cc3ccc(Oc4ccc(C(C)(C)C)cc4)cc3c(CC3CCCC3)n2)C(=O)O)cc1. The van der Waals surface area contributed by atoms with Gasteiger partial charge in [0.05, 0.1) is 0 Å². The van der Waals surface area contributed by atoms with Crippen molar-refractivity contribution in [3.8, 4) is 11.5 Å². The third kappa shape index (κ3) is 7.65. The van der Waals surface area contributed by atoms with Crippen LogP contribution in [-0.2, 0) is 23.1 Å². The molecule has 0 bridgehead atoms. The van der Waals surface area contributed by atoms with E-state index < -0.39 is 17.9 Å². The molecule has 1 aliphatic carbocycles. The number of amides is 1. The third-order valence-corrected chi connectivity index (χ3v) is 8.72. The fourth-order valence-electron chi connectivity index (χ4n) is 5.99. The van der Waals surface area contributed by atoms with Gasteiger partial charge >= 0.3 is 5.97 Å². The summed E-state index contributed by atoms with van der Waals surface area (Å²) >= 11 is 0. The fourth-order valence-corrected chi connectivity index (χ4v) is 5.99. The van der Waals surface area contributed by atoms with Gasteiger partial charge in [-0.25, -0.2) is 9.78 Å². The summed E-state index contributed by atoms with van der Waals surface area (Å²) in [6, 6.07) is 22.6. The smallest absolute Gasteiger partial charge is 0.326 e. The zero-order chi connectivity index (χ0) is 31.4. The molecule has 1 fully saturated rings. The van der Waals surface area contributed by atoms with Gasteiger partial charge in [-0.3, -0.25) is 4.79 Å². The Kier molecular flexibility index (Phi) is 9.38. The molecule has 0 unspecified atom stereocenters. The molecule has 6 nitrogen and oxygen atoms in total. The second-order valence-electron chi connectivity index (χ2n) is 13.5. The van der Waals surface area contributed by atoms with E-state index in [1.165, 1.54) is 24.0 Å². The van der Waals surface area contributed by atoms with Gasteiger partial charge in [0.2, 0.25) is 0 Å². The molecule has 1 amide bonds. The Morgan fingerprint density at radius 1 is 0.932 bits per heavy atom. The van der Waals surface area contributed by atoms with Gasteiger partial charge < -0.3 is 15.2 Å². The molecule has 44 heavy (non-hydrogen) atoms. The molecule has 0 saturated heterocycles. The van der Waals surface area contributed by atoms with E-state index in [2.05, 4.69) is 52.1 Å². The van der Waals surface area contributed by atoms with Crippen molar-refractivity contribution in [3.63, 3.8) is 0 Å². The maximum Gasteiger partial charge on any atom is 0.326 e. The van der Waals surface area contributed by atoms with Crippen LogP contribution >= 0.6 is 0 Å². The van der Waals surface area contributed by atoms with Crippen LogP contribution in [0.5, 0.6) is 11.5 Å². The van der Waals surface area contributed by atoms with E-state index in [1.54, 1.807) is 6.07 Å². The van der Waals surface area contributed by atoms with Crippen LogP contribution in [0.4, 0.5) is 0 Å². The summed E-state index contributed by atoms with van der Waals surface area (Å²) in [5.74, 6) is 0.818. The monoisotopic (exact) mass is 592 g/mol. The van der Waals surface area contributed by atoms with Crippen LogP contribution in [0.3, 0.4) is 0 Å². The molecule has 1 heterocycles. The number of rotatable bonds is 10. The number of carbonyl (C=O) groups excluding carboxylic acids is 1. The van der Waals surface area contributed by atoms with Crippen LogP contribution in [0.15, 0.2) is 72.8 Å². The number of hydrogen-bond donors (Lipinski definition) is 2. The van der Waals surface area contributed by atoms with Crippen molar-refractivity contribution in [2.45, 2.75) is 90.5 Å². The van der Waals surface area contributed by atoms with Crippen molar-refractivity contribution < 1.29 is 19.4 Å². The molecule has 4 aromatic rings. The van der Waals surface area contributed by atoms with Crippen LogP contribution in [0, 0.1) is 5.92 Å². The number of carboxylic acid groups (broad SMARTS) is 1. The third-order valence-electron chi connectivity index (χ3n) is 8.72. The van der Waals surface area contributed by atoms with E-state index in [1.807, 2.05) is 54.6 Å². The summed E-state index contributed by atoms with van der Waals surface area (Å²) in [5, 5.41) is 14.5. The molecule has 1 aliphatic rings. The average Bonchev–Trinajstić information content (AvgIpc) is 3.50. The number of hydrogen-bond acceptors (Lipinski definition) is 4. The van der Waals surface area contributed by atoms with Gasteiger partial charge in [-0.2, -0.15) is 0 Å². The van der Waals surface area contributed by atoms with Crippen LogP contribution in [-0.4, -0.2) is 28.0 Å². The van der Waals surface area contributed by atoms with Crippen molar-refractivity contribution in [3.05, 3.63) is 101 Å². The van der Waals surface area contributed by atoms with Gasteiger partial charge in [-0.1, -0.05) is 103 Å². The minimum atomic E-state index is -1.07. The highest BCUT2D eigenvalue weighted by atomic mass is 16.5.